The summed E-state index contributed by atoms with van der Waals surface area (Å²) < 4.78 is 15.1. The Bertz CT molecular complexity index is 2330. The Hall–Kier alpha value is -6.04. The highest BCUT2D eigenvalue weighted by Gasteiger charge is 2.26. The molecule has 0 spiro atoms. The van der Waals surface area contributed by atoms with Gasteiger partial charge in [0.1, 0.15) is 23.9 Å². The smallest absolute Gasteiger partial charge is 0.350 e. The number of aliphatic carboxylic acids is 1. The molecule has 17 nitrogen and oxygen atoms in total. The van der Waals surface area contributed by atoms with Crippen molar-refractivity contribution in [3.05, 3.63) is 95.5 Å². The summed E-state index contributed by atoms with van der Waals surface area (Å²) in [5, 5.41) is 42.1. The molecule has 0 radical (unpaired) electrons. The summed E-state index contributed by atoms with van der Waals surface area (Å²) in [7, 11) is 3.24. The number of ether oxygens (including phenoxy) is 2. The molecule has 4 N–H and O–H groups in total. The van der Waals surface area contributed by atoms with Crippen LogP contribution in [-0.2, 0) is 22.7 Å². The SMILES string of the molecule is C.COc1cc(N2CCN(C(=O)Cn3ncc4ccc[n+](O)c43)CC2)ccc1Cl.COc1cc(N2CCNCC2)ccc1Cl.O=C(O)Cn1ncc2ccc[n+](O)c21. The van der Waals surface area contributed by atoms with Gasteiger partial charge >= 0.3 is 17.3 Å². The zero-order valence-corrected chi connectivity index (χ0v) is 32.9. The first-order valence-corrected chi connectivity index (χ1v) is 18.8. The van der Waals surface area contributed by atoms with Gasteiger partial charge in [0.15, 0.2) is 6.54 Å². The number of benzene rings is 2. The second kappa shape index (κ2) is 19.9. The summed E-state index contributed by atoms with van der Waals surface area (Å²) in [4.78, 5) is 29.5. The predicted octanol–water partition coefficient (Wildman–Crippen LogP) is 3.61. The van der Waals surface area contributed by atoms with Crippen molar-refractivity contribution in [1.29, 1.82) is 0 Å². The number of anilines is 2. The van der Waals surface area contributed by atoms with Crippen molar-refractivity contribution in [2.45, 2.75) is 20.5 Å². The van der Waals surface area contributed by atoms with Gasteiger partial charge in [0.25, 0.3) is 5.91 Å². The Balaban J connectivity index is 0.000000180. The summed E-state index contributed by atoms with van der Waals surface area (Å²) >= 11 is 12.1. The molecule has 6 heterocycles. The summed E-state index contributed by atoms with van der Waals surface area (Å²) in [6.07, 6.45) is 6.08. The van der Waals surface area contributed by atoms with Gasteiger partial charge < -0.3 is 45.0 Å². The topological polar surface area (TPSA) is 178 Å². The first-order valence-electron chi connectivity index (χ1n) is 18.0. The third-order valence-electron chi connectivity index (χ3n) is 9.44. The number of nitrogens with one attached hydrogen (secondary N) is 1. The average Bonchev–Trinajstić information content (AvgIpc) is 3.84. The number of pyridine rings is 2. The molecule has 0 bridgehead atoms. The third kappa shape index (κ3) is 10.3. The Labute approximate surface area is 345 Å². The van der Waals surface area contributed by atoms with Gasteiger partial charge in [0, 0.05) is 75.9 Å². The Morgan fingerprint density at radius 3 is 1.66 bits per heavy atom. The van der Waals surface area contributed by atoms with Crippen LogP contribution in [0, 0.1) is 0 Å². The van der Waals surface area contributed by atoms with Gasteiger partial charge in [0.2, 0.25) is 6.54 Å². The lowest BCUT2D eigenvalue weighted by molar-refractivity contribution is -0.886. The van der Waals surface area contributed by atoms with Crippen LogP contribution in [0.5, 0.6) is 11.5 Å². The summed E-state index contributed by atoms with van der Waals surface area (Å²) in [5.74, 6) is 0.356. The van der Waals surface area contributed by atoms with Gasteiger partial charge in [-0.1, -0.05) is 40.8 Å². The van der Waals surface area contributed by atoms with Crippen molar-refractivity contribution in [3.8, 4) is 11.5 Å². The lowest BCUT2D eigenvalue weighted by atomic mass is 10.2. The molecule has 0 unspecified atom stereocenters. The lowest BCUT2D eigenvalue weighted by Crippen LogP contribution is -2.49. The molecule has 0 saturated carbocycles. The van der Waals surface area contributed by atoms with E-state index in [1.807, 2.05) is 47.4 Å². The zero-order valence-electron chi connectivity index (χ0n) is 31.4. The van der Waals surface area contributed by atoms with E-state index in [0.29, 0.717) is 45.6 Å². The van der Waals surface area contributed by atoms with Gasteiger partial charge in [-0.3, -0.25) is 4.79 Å². The molecule has 58 heavy (non-hydrogen) atoms. The number of nitrogens with zero attached hydrogens (tertiary/aromatic N) is 9. The maximum atomic E-state index is 12.7. The Morgan fingerprint density at radius 1 is 0.724 bits per heavy atom. The highest BCUT2D eigenvalue weighted by molar-refractivity contribution is 6.32. The largest absolute Gasteiger partial charge is 0.495 e. The van der Waals surface area contributed by atoms with E-state index in [0.717, 1.165) is 65.6 Å². The van der Waals surface area contributed by atoms with Gasteiger partial charge in [-0.05, 0) is 58.0 Å². The number of carbonyl (C=O) groups is 2. The number of carboxylic acid groups (broad SMARTS) is 1. The van der Waals surface area contributed by atoms with Crippen molar-refractivity contribution >= 4 is 68.5 Å². The minimum Gasteiger partial charge on any atom is -0.495 e. The third-order valence-corrected chi connectivity index (χ3v) is 10.1. The number of carbonyl (C=O) groups excluding carboxylic acids is 1. The molecule has 6 aromatic rings. The van der Waals surface area contributed by atoms with Gasteiger partial charge in [-0.15, -0.1) is 9.36 Å². The molecule has 2 fully saturated rings. The molecule has 2 saturated heterocycles. The van der Waals surface area contributed by atoms with E-state index in [-0.39, 0.29) is 26.4 Å². The fourth-order valence-electron chi connectivity index (χ4n) is 6.54. The van der Waals surface area contributed by atoms with Crippen molar-refractivity contribution in [2.24, 2.45) is 0 Å². The van der Waals surface area contributed by atoms with Crippen LogP contribution in [-0.4, -0.2) is 118 Å². The number of methoxy groups -OCH3 is 2. The van der Waals surface area contributed by atoms with Crippen molar-refractivity contribution < 1.29 is 44.0 Å². The molecule has 4 aromatic heterocycles. The van der Waals surface area contributed by atoms with Crippen molar-refractivity contribution in [1.82, 2.24) is 29.8 Å². The Kier molecular flexibility index (Phi) is 14.8. The number of carboxylic acids is 1. The predicted molar refractivity (Wildman–Crippen MR) is 218 cm³/mol. The van der Waals surface area contributed by atoms with Crippen LogP contribution in [0.15, 0.2) is 85.5 Å². The molecule has 2 aliphatic heterocycles. The van der Waals surface area contributed by atoms with Crippen LogP contribution in [0.25, 0.3) is 22.1 Å². The minimum absolute atomic E-state index is 0. The zero-order chi connectivity index (χ0) is 40.5. The number of fused-ring (bicyclic) bond motifs is 2. The summed E-state index contributed by atoms with van der Waals surface area (Å²) in [6, 6.07) is 18.6. The second-order valence-corrected chi connectivity index (χ2v) is 13.8. The molecule has 308 valence electrons. The van der Waals surface area contributed by atoms with Gasteiger partial charge in [-0.25, -0.2) is 4.79 Å². The van der Waals surface area contributed by atoms with Crippen LogP contribution in [0.1, 0.15) is 7.43 Å². The number of hydrogen-bond acceptors (Lipinski definition) is 11. The number of halogens is 2. The van der Waals surface area contributed by atoms with E-state index in [2.05, 4.69) is 25.3 Å². The van der Waals surface area contributed by atoms with Crippen molar-refractivity contribution in [2.75, 3.05) is 76.4 Å². The average molecular weight is 840 g/mol. The molecule has 19 heteroatoms. The number of piperazine rings is 2. The van der Waals surface area contributed by atoms with Gasteiger partial charge in [-0.2, -0.15) is 0 Å². The highest BCUT2D eigenvalue weighted by atomic mass is 35.5. The van der Waals surface area contributed by atoms with E-state index < -0.39 is 5.97 Å². The first-order chi connectivity index (χ1) is 27.6. The van der Waals surface area contributed by atoms with E-state index in [9.17, 15) is 20.0 Å². The van der Waals surface area contributed by atoms with Crippen LogP contribution in [0.2, 0.25) is 10.0 Å². The molecular weight excluding hydrogens is 791 g/mol. The quantitative estimate of drug-likeness (QED) is 0.130. The molecular formula is C39H48Cl2N10O7+2. The van der Waals surface area contributed by atoms with E-state index in [1.54, 1.807) is 38.6 Å². The molecule has 0 atom stereocenters. The molecule has 1 amide bonds. The molecule has 8 rings (SSSR count). The van der Waals surface area contributed by atoms with E-state index >= 15 is 0 Å². The normalized spacial score (nSPS) is 13.8. The molecule has 2 aliphatic rings. The first kappa shape index (κ1) is 43.1. The molecule has 0 aliphatic carbocycles. The number of amides is 1. The summed E-state index contributed by atoms with van der Waals surface area (Å²) in [5.41, 5.74) is 3.07. The van der Waals surface area contributed by atoms with Crippen LogP contribution < -0.4 is 34.1 Å². The minimum atomic E-state index is -1.00. The maximum Gasteiger partial charge on any atom is 0.350 e. The van der Waals surface area contributed by atoms with Crippen molar-refractivity contribution in [3.63, 3.8) is 0 Å². The number of hydrogen-bond donors (Lipinski definition) is 4. The van der Waals surface area contributed by atoms with E-state index in [4.69, 9.17) is 37.8 Å². The van der Waals surface area contributed by atoms with Crippen LogP contribution >= 0.6 is 23.2 Å². The van der Waals surface area contributed by atoms with Crippen LogP contribution in [0.3, 0.4) is 0 Å². The lowest BCUT2D eigenvalue weighted by Gasteiger charge is -2.36. The monoisotopic (exact) mass is 838 g/mol. The molecule has 2 aromatic carbocycles. The van der Waals surface area contributed by atoms with Crippen LogP contribution in [0.4, 0.5) is 11.4 Å². The second-order valence-electron chi connectivity index (χ2n) is 13.0. The van der Waals surface area contributed by atoms with E-state index in [1.165, 1.54) is 33.6 Å². The highest BCUT2D eigenvalue weighted by Crippen LogP contribution is 2.31. The number of aromatic nitrogens is 6. The number of rotatable bonds is 8. The fraction of sp³-hybridized carbons (Fsp3) is 0.333. The Morgan fingerprint density at radius 2 is 1.19 bits per heavy atom. The summed E-state index contributed by atoms with van der Waals surface area (Å²) in [6.45, 7) is 6.61. The standard InChI is InChI=1S/C19H21ClN5O3.C11H15ClN2O.C8H7N3O3.CH4/c1-28-17-11-15(4-5-16(17)20)22-7-9-23(10-8-22)18(26)13-24-19-14(12-21-24)3-2-6-25(19)27;1-15-11-8-9(2-3-10(11)12)14-6-4-13-5-7-14;12-7(13)5-10-8-6(4-9-10)2-1-3-11(8)14;/h2-6,11-12,27H,7-10,13H2,1H3;2-3,8,13H,4-7H2,1H3;1-4H,5H2,(H-,12,13,14);1H4/q+1;;;/p+1. The fourth-order valence-corrected chi connectivity index (χ4v) is 6.93. The maximum absolute atomic E-state index is 12.7. The van der Waals surface area contributed by atoms with Gasteiger partial charge in [0.05, 0.1) is 47.4 Å².